The molecule has 1 unspecified atom stereocenters. The van der Waals surface area contributed by atoms with Crippen molar-refractivity contribution in [1.29, 1.82) is 0 Å². The summed E-state index contributed by atoms with van der Waals surface area (Å²) in [4.78, 5) is 13.2. The molecule has 0 aromatic heterocycles. The Labute approximate surface area is 112 Å². The normalized spacial score (nSPS) is 23.5. The highest BCUT2D eigenvalue weighted by atomic mass is 16.5. The maximum atomic E-state index is 11.2. The van der Waals surface area contributed by atoms with Crippen LogP contribution < -0.4 is 4.74 Å². The Morgan fingerprint density at radius 3 is 2.84 bits per heavy atom. The number of aliphatic carboxylic acids is 1. The minimum absolute atomic E-state index is 0.133. The first-order valence-electron chi connectivity index (χ1n) is 6.27. The molecule has 0 bridgehead atoms. The van der Waals surface area contributed by atoms with Crippen LogP contribution in [0.15, 0.2) is 18.2 Å². The SMILES string of the molecule is COc1cccc(CN2CCC(C)(C(=O)O)C2)c1O. The predicted molar refractivity (Wildman–Crippen MR) is 70.3 cm³/mol. The Morgan fingerprint density at radius 1 is 1.53 bits per heavy atom. The molecule has 5 heteroatoms. The number of carboxylic acids is 1. The summed E-state index contributed by atoms with van der Waals surface area (Å²) in [5.41, 5.74) is 0.0723. The third-order valence-corrected chi connectivity index (χ3v) is 3.77. The lowest BCUT2D eigenvalue weighted by Gasteiger charge is -2.20. The number of carbonyl (C=O) groups is 1. The molecular formula is C14H19NO4. The molecule has 104 valence electrons. The Bertz CT molecular complexity index is 488. The zero-order chi connectivity index (χ0) is 14.0. The van der Waals surface area contributed by atoms with Gasteiger partial charge in [-0.05, 0) is 26.0 Å². The second kappa shape index (κ2) is 5.09. The first-order chi connectivity index (χ1) is 8.96. The molecule has 1 heterocycles. The average Bonchev–Trinajstić information content (AvgIpc) is 2.75. The first kappa shape index (κ1) is 13.7. The fraction of sp³-hybridized carbons (Fsp3) is 0.500. The van der Waals surface area contributed by atoms with E-state index in [2.05, 4.69) is 0 Å². The molecule has 0 radical (unpaired) electrons. The maximum absolute atomic E-state index is 11.2. The highest BCUT2D eigenvalue weighted by Gasteiger charge is 2.40. The topological polar surface area (TPSA) is 70.0 Å². The summed E-state index contributed by atoms with van der Waals surface area (Å²) in [5, 5.41) is 19.2. The third kappa shape index (κ3) is 2.66. The van der Waals surface area contributed by atoms with Crippen molar-refractivity contribution < 1.29 is 19.7 Å². The Balaban J connectivity index is 2.10. The highest BCUT2D eigenvalue weighted by molar-refractivity contribution is 5.74. The number of likely N-dealkylation sites (tertiary alicyclic amines) is 1. The number of ether oxygens (including phenoxy) is 1. The number of aromatic hydroxyl groups is 1. The van der Waals surface area contributed by atoms with Crippen molar-refractivity contribution in [3.63, 3.8) is 0 Å². The fourth-order valence-electron chi connectivity index (χ4n) is 2.47. The molecule has 2 rings (SSSR count). The van der Waals surface area contributed by atoms with Crippen LogP contribution in [0.5, 0.6) is 11.5 Å². The smallest absolute Gasteiger partial charge is 0.310 e. The van der Waals surface area contributed by atoms with Crippen LogP contribution in [0.25, 0.3) is 0 Å². The van der Waals surface area contributed by atoms with Gasteiger partial charge in [-0.25, -0.2) is 0 Å². The highest BCUT2D eigenvalue weighted by Crippen LogP contribution is 2.34. The Hall–Kier alpha value is -1.75. The average molecular weight is 265 g/mol. The molecule has 19 heavy (non-hydrogen) atoms. The van der Waals surface area contributed by atoms with Gasteiger partial charge < -0.3 is 14.9 Å². The van der Waals surface area contributed by atoms with Gasteiger partial charge in [0.25, 0.3) is 0 Å². The van der Waals surface area contributed by atoms with Gasteiger partial charge in [-0.15, -0.1) is 0 Å². The summed E-state index contributed by atoms with van der Waals surface area (Å²) in [6, 6.07) is 5.35. The van der Waals surface area contributed by atoms with Crippen molar-refractivity contribution >= 4 is 5.97 Å². The van der Waals surface area contributed by atoms with Gasteiger partial charge in [0, 0.05) is 18.7 Å². The maximum Gasteiger partial charge on any atom is 0.310 e. The van der Waals surface area contributed by atoms with Crippen LogP contribution in [0.2, 0.25) is 0 Å². The number of phenols is 1. The van der Waals surface area contributed by atoms with Crippen LogP contribution in [0, 0.1) is 5.41 Å². The predicted octanol–water partition coefficient (Wildman–Crippen LogP) is 1.70. The summed E-state index contributed by atoms with van der Waals surface area (Å²) in [5.74, 6) is -0.184. The summed E-state index contributed by atoms with van der Waals surface area (Å²) < 4.78 is 5.07. The Morgan fingerprint density at radius 2 is 2.26 bits per heavy atom. The number of carboxylic acid groups (broad SMARTS) is 1. The molecule has 1 aromatic carbocycles. The quantitative estimate of drug-likeness (QED) is 0.867. The van der Waals surface area contributed by atoms with Gasteiger partial charge in [0.2, 0.25) is 0 Å². The van der Waals surface area contributed by atoms with E-state index in [9.17, 15) is 15.0 Å². The van der Waals surface area contributed by atoms with E-state index in [1.807, 2.05) is 17.0 Å². The van der Waals surface area contributed by atoms with Gasteiger partial charge in [0.05, 0.1) is 12.5 Å². The fourth-order valence-corrected chi connectivity index (χ4v) is 2.47. The Kier molecular flexibility index (Phi) is 3.66. The number of methoxy groups -OCH3 is 1. The number of hydrogen-bond donors (Lipinski definition) is 2. The molecule has 0 saturated carbocycles. The monoisotopic (exact) mass is 265 g/mol. The van der Waals surface area contributed by atoms with Crippen molar-refractivity contribution in [1.82, 2.24) is 4.90 Å². The van der Waals surface area contributed by atoms with Crippen LogP contribution in [0.1, 0.15) is 18.9 Å². The largest absolute Gasteiger partial charge is 0.504 e. The van der Waals surface area contributed by atoms with Gasteiger partial charge in [-0.3, -0.25) is 9.69 Å². The molecule has 1 saturated heterocycles. The van der Waals surface area contributed by atoms with Gasteiger partial charge in [-0.1, -0.05) is 12.1 Å². The summed E-state index contributed by atoms with van der Waals surface area (Å²) in [6.07, 6.45) is 0.632. The third-order valence-electron chi connectivity index (χ3n) is 3.77. The zero-order valence-electron chi connectivity index (χ0n) is 11.2. The lowest BCUT2D eigenvalue weighted by Crippen LogP contribution is -2.31. The van der Waals surface area contributed by atoms with E-state index in [0.29, 0.717) is 25.3 Å². The van der Waals surface area contributed by atoms with Crippen LogP contribution in [0.4, 0.5) is 0 Å². The molecule has 1 aliphatic heterocycles. The van der Waals surface area contributed by atoms with E-state index >= 15 is 0 Å². The number of para-hydroxylation sites is 1. The molecule has 0 amide bonds. The van der Waals surface area contributed by atoms with Crippen molar-refractivity contribution in [2.24, 2.45) is 5.41 Å². The standard InChI is InChI=1S/C14H19NO4/c1-14(13(17)18)6-7-15(9-14)8-10-4-3-5-11(19-2)12(10)16/h3-5,16H,6-9H2,1-2H3,(H,17,18). The van der Waals surface area contributed by atoms with Crippen LogP contribution in [-0.4, -0.2) is 41.3 Å². The molecule has 1 fully saturated rings. The summed E-state index contributed by atoms with van der Waals surface area (Å²) in [7, 11) is 1.51. The molecule has 1 atom stereocenters. The number of hydrogen-bond acceptors (Lipinski definition) is 4. The van der Waals surface area contributed by atoms with E-state index in [0.717, 1.165) is 12.1 Å². The zero-order valence-corrected chi connectivity index (χ0v) is 11.2. The van der Waals surface area contributed by atoms with Gasteiger partial charge in [0.15, 0.2) is 11.5 Å². The van der Waals surface area contributed by atoms with Gasteiger partial charge in [-0.2, -0.15) is 0 Å². The minimum atomic E-state index is -0.759. The molecule has 1 aliphatic rings. The number of rotatable bonds is 4. The lowest BCUT2D eigenvalue weighted by molar-refractivity contribution is -0.147. The molecule has 2 N–H and O–H groups in total. The van der Waals surface area contributed by atoms with Crippen LogP contribution >= 0.6 is 0 Å². The van der Waals surface area contributed by atoms with Gasteiger partial charge >= 0.3 is 5.97 Å². The number of benzene rings is 1. The number of phenolic OH excluding ortho intramolecular Hbond substituents is 1. The van der Waals surface area contributed by atoms with Gasteiger partial charge in [0.1, 0.15) is 0 Å². The second-order valence-electron chi connectivity index (χ2n) is 5.29. The summed E-state index contributed by atoms with van der Waals surface area (Å²) >= 11 is 0. The van der Waals surface area contributed by atoms with Crippen LogP contribution in [0.3, 0.4) is 0 Å². The second-order valence-corrected chi connectivity index (χ2v) is 5.29. The molecule has 0 spiro atoms. The molecular weight excluding hydrogens is 246 g/mol. The first-order valence-corrected chi connectivity index (χ1v) is 6.27. The van der Waals surface area contributed by atoms with Crippen molar-refractivity contribution in [2.75, 3.05) is 20.2 Å². The van der Waals surface area contributed by atoms with Crippen molar-refractivity contribution in [2.45, 2.75) is 19.9 Å². The number of nitrogens with zero attached hydrogens (tertiary/aromatic N) is 1. The van der Waals surface area contributed by atoms with E-state index in [1.165, 1.54) is 7.11 Å². The molecule has 1 aromatic rings. The lowest BCUT2D eigenvalue weighted by atomic mass is 9.90. The van der Waals surface area contributed by atoms with Crippen LogP contribution in [-0.2, 0) is 11.3 Å². The summed E-state index contributed by atoms with van der Waals surface area (Å²) in [6.45, 7) is 3.52. The van der Waals surface area contributed by atoms with E-state index in [1.54, 1.807) is 13.0 Å². The van der Waals surface area contributed by atoms with E-state index in [-0.39, 0.29) is 5.75 Å². The minimum Gasteiger partial charge on any atom is -0.504 e. The van der Waals surface area contributed by atoms with Crippen molar-refractivity contribution in [3.05, 3.63) is 23.8 Å². The molecule has 5 nitrogen and oxygen atoms in total. The van der Waals surface area contributed by atoms with E-state index < -0.39 is 11.4 Å². The van der Waals surface area contributed by atoms with Crippen molar-refractivity contribution in [3.8, 4) is 11.5 Å². The van der Waals surface area contributed by atoms with E-state index in [4.69, 9.17) is 4.74 Å². The molecule has 0 aliphatic carbocycles.